The number of ether oxygens (including phenoxy) is 2. The summed E-state index contributed by atoms with van der Waals surface area (Å²) in [6.45, 7) is 2.52. The molecule has 1 aliphatic heterocycles. The lowest BCUT2D eigenvalue weighted by atomic mass is 10.0. The van der Waals surface area contributed by atoms with Gasteiger partial charge in [0, 0.05) is 38.0 Å². The summed E-state index contributed by atoms with van der Waals surface area (Å²) in [6.07, 6.45) is 4.52. The van der Waals surface area contributed by atoms with Gasteiger partial charge in [-0.15, -0.1) is 0 Å². The number of nitrogens with one attached hydrogen (secondary N) is 3. The van der Waals surface area contributed by atoms with Crippen LogP contribution in [0.4, 0.5) is 26.0 Å². The molecule has 0 radical (unpaired) electrons. The standard InChI is InChI=1S/C21H21F2N5O4S/c1-12-14(7-13-3-4-26-21(20(13)23)28-33(29,30)24-2)10-25-11-17(12)27-16-9-19-18(8-15(16)22)31-5-6-32-19/h3-4,8-11,24,27H,5-7H2,1-2H3,(H,26,28). The molecule has 1 aliphatic rings. The highest BCUT2D eigenvalue weighted by Gasteiger charge is 2.19. The molecule has 0 fully saturated rings. The van der Waals surface area contributed by atoms with Gasteiger partial charge in [-0.05, 0) is 29.7 Å². The Hall–Kier alpha value is -3.51. The first kappa shape index (κ1) is 22.7. The lowest BCUT2D eigenvalue weighted by Gasteiger charge is -2.20. The second-order valence-corrected chi connectivity index (χ2v) is 8.81. The van der Waals surface area contributed by atoms with Crippen molar-refractivity contribution in [1.29, 1.82) is 0 Å². The van der Waals surface area contributed by atoms with Gasteiger partial charge in [0.15, 0.2) is 29.0 Å². The average Bonchev–Trinajstić information content (AvgIpc) is 2.79. The molecule has 0 unspecified atom stereocenters. The molecule has 1 aromatic carbocycles. The van der Waals surface area contributed by atoms with Gasteiger partial charge in [0.2, 0.25) is 0 Å². The third kappa shape index (κ3) is 4.96. The van der Waals surface area contributed by atoms with Crippen molar-refractivity contribution in [2.24, 2.45) is 0 Å². The fourth-order valence-corrected chi connectivity index (χ4v) is 3.75. The Balaban J connectivity index is 1.60. The van der Waals surface area contributed by atoms with Gasteiger partial charge in [-0.2, -0.15) is 8.42 Å². The van der Waals surface area contributed by atoms with Crippen LogP contribution in [0.5, 0.6) is 11.5 Å². The zero-order valence-corrected chi connectivity index (χ0v) is 18.6. The maximum atomic E-state index is 14.9. The number of aromatic nitrogens is 2. The Bertz CT molecular complexity index is 1300. The molecule has 0 saturated heterocycles. The van der Waals surface area contributed by atoms with Gasteiger partial charge in [-0.25, -0.2) is 18.5 Å². The quantitative estimate of drug-likeness (QED) is 0.479. The molecule has 3 aromatic rings. The lowest BCUT2D eigenvalue weighted by molar-refractivity contribution is 0.171. The highest BCUT2D eigenvalue weighted by atomic mass is 32.2. The fourth-order valence-electron chi connectivity index (χ4n) is 3.25. The predicted molar refractivity (Wildman–Crippen MR) is 118 cm³/mol. The largest absolute Gasteiger partial charge is 0.486 e. The van der Waals surface area contributed by atoms with Crippen LogP contribution >= 0.6 is 0 Å². The second-order valence-electron chi connectivity index (χ2n) is 7.19. The number of pyridine rings is 2. The third-order valence-corrected chi connectivity index (χ3v) is 6.07. The van der Waals surface area contributed by atoms with Crippen LogP contribution in [-0.4, -0.2) is 38.6 Å². The normalized spacial score (nSPS) is 13.0. The minimum atomic E-state index is -3.92. The smallest absolute Gasteiger partial charge is 0.300 e. The summed E-state index contributed by atoms with van der Waals surface area (Å²) in [6, 6.07) is 4.22. The summed E-state index contributed by atoms with van der Waals surface area (Å²) in [5.74, 6) is -0.967. The molecule has 33 heavy (non-hydrogen) atoms. The summed E-state index contributed by atoms with van der Waals surface area (Å²) >= 11 is 0. The first-order chi connectivity index (χ1) is 15.8. The first-order valence-electron chi connectivity index (χ1n) is 9.91. The summed E-state index contributed by atoms with van der Waals surface area (Å²) in [5.41, 5.74) is 2.29. The van der Waals surface area contributed by atoms with Crippen LogP contribution in [0.15, 0.2) is 36.8 Å². The molecule has 0 atom stereocenters. The maximum absolute atomic E-state index is 14.9. The molecular weight excluding hydrogens is 456 g/mol. The molecular formula is C21H21F2N5O4S. The van der Waals surface area contributed by atoms with E-state index in [-0.39, 0.29) is 17.7 Å². The molecule has 12 heteroatoms. The molecule has 2 aromatic heterocycles. The minimum Gasteiger partial charge on any atom is -0.486 e. The number of halogens is 2. The lowest BCUT2D eigenvalue weighted by Crippen LogP contribution is -2.27. The summed E-state index contributed by atoms with van der Waals surface area (Å²) in [4.78, 5) is 7.94. The van der Waals surface area contributed by atoms with E-state index in [0.29, 0.717) is 41.5 Å². The Kier molecular flexibility index (Phi) is 6.29. The molecule has 174 valence electrons. The average molecular weight is 477 g/mol. The van der Waals surface area contributed by atoms with Crippen LogP contribution in [0.2, 0.25) is 0 Å². The number of nitrogens with zero attached hydrogens (tertiary/aromatic N) is 2. The molecule has 3 N–H and O–H groups in total. The summed E-state index contributed by atoms with van der Waals surface area (Å²) in [7, 11) is -2.73. The van der Waals surface area contributed by atoms with E-state index in [2.05, 4.69) is 15.3 Å². The van der Waals surface area contributed by atoms with E-state index < -0.39 is 27.7 Å². The van der Waals surface area contributed by atoms with E-state index in [4.69, 9.17) is 9.47 Å². The van der Waals surface area contributed by atoms with Crippen LogP contribution in [0.3, 0.4) is 0 Å². The number of fused-ring (bicyclic) bond motifs is 1. The Morgan fingerprint density at radius 3 is 2.52 bits per heavy atom. The van der Waals surface area contributed by atoms with E-state index in [9.17, 15) is 17.2 Å². The van der Waals surface area contributed by atoms with Gasteiger partial charge in [0.05, 0.1) is 17.6 Å². The van der Waals surface area contributed by atoms with Gasteiger partial charge in [-0.1, -0.05) is 0 Å². The summed E-state index contributed by atoms with van der Waals surface area (Å²) < 4.78 is 67.8. The Labute approximate surface area is 189 Å². The molecule has 0 spiro atoms. The number of rotatable bonds is 7. The molecule has 4 rings (SSSR count). The van der Waals surface area contributed by atoms with Gasteiger partial charge in [0.25, 0.3) is 10.2 Å². The van der Waals surface area contributed by atoms with Crippen molar-refractivity contribution in [3.8, 4) is 11.5 Å². The van der Waals surface area contributed by atoms with Crippen molar-refractivity contribution in [2.45, 2.75) is 13.3 Å². The third-order valence-electron chi connectivity index (χ3n) is 5.07. The van der Waals surface area contributed by atoms with Gasteiger partial charge < -0.3 is 14.8 Å². The summed E-state index contributed by atoms with van der Waals surface area (Å²) in [5, 5.41) is 3.00. The number of hydrogen-bond donors (Lipinski definition) is 3. The van der Waals surface area contributed by atoms with Gasteiger partial charge in [-0.3, -0.25) is 9.71 Å². The molecule has 3 heterocycles. The van der Waals surface area contributed by atoms with Crippen LogP contribution < -0.4 is 24.2 Å². The van der Waals surface area contributed by atoms with Crippen LogP contribution in [0.25, 0.3) is 0 Å². The van der Waals surface area contributed by atoms with Crippen molar-refractivity contribution in [1.82, 2.24) is 14.7 Å². The van der Waals surface area contributed by atoms with Gasteiger partial charge >= 0.3 is 0 Å². The predicted octanol–water partition coefficient (Wildman–Crippen LogP) is 3.04. The van der Waals surface area contributed by atoms with Crippen molar-refractivity contribution in [2.75, 3.05) is 30.3 Å². The highest BCUT2D eigenvalue weighted by Crippen LogP contribution is 2.36. The van der Waals surface area contributed by atoms with Crippen molar-refractivity contribution >= 4 is 27.4 Å². The Morgan fingerprint density at radius 1 is 1.06 bits per heavy atom. The molecule has 0 amide bonds. The topological polar surface area (TPSA) is 114 Å². The molecule has 0 aliphatic carbocycles. The number of hydrogen-bond acceptors (Lipinski definition) is 7. The fraction of sp³-hybridized carbons (Fsp3) is 0.238. The van der Waals surface area contributed by atoms with Gasteiger partial charge in [0.1, 0.15) is 13.2 Å². The first-order valence-corrected chi connectivity index (χ1v) is 11.4. The van der Waals surface area contributed by atoms with Crippen molar-refractivity contribution in [3.05, 3.63) is 65.1 Å². The minimum absolute atomic E-state index is 0.112. The number of anilines is 3. The van der Waals surface area contributed by atoms with E-state index in [0.717, 1.165) is 0 Å². The molecule has 0 bridgehead atoms. The second kappa shape index (κ2) is 9.16. The van der Waals surface area contributed by atoms with Crippen molar-refractivity contribution < 1.29 is 26.7 Å². The van der Waals surface area contributed by atoms with Crippen LogP contribution in [0.1, 0.15) is 16.7 Å². The highest BCUT2D eigenvalue weighted by molar-refractivity contribution is 7.90. The van der Waals surface area contributed by atoms with E-state index in [1.165, 1.54) is 37.6 Å². The Morgan fingerprint density at radius 2 is 1.79 bits per heavy atom. The molecule has 0 saturated carbocycles. The monoisotopic (exact) mass is 477 g/mol. The van der Waals surface area contributed by atoms with E-state index in [1.807, 2.05) is 9.44 Å². The number of benzene rings is 1. The van der Waals surface area contributed by atoms with Crippen molar-refractivity contribution in [3.63, 3.8) is 0 Å². The zero-order valence-electron chi connectivity index (χ0n) is 17.8. The SMILES string of the molecule is CNS(=O)(=O)Nc1nccc(Cc2cncc(Nc3cc4c(cc3F)OCCO4)c2C)c1F. The van der Waals surface area contributed by atoms with E-state index in [1.54, 1.807) is 13.1 Å². The van der Waals surface area contributed by atoms with Crippen LogP contribution in [-0.2, 0) is 16.6 Å². The molecule has 9 nitrogen and oxygen atoms in total. The zero-order chi connectivity index (χ0) is 23.6. The maximum Gasteiger partial charge on any atom is 0.300 e. The van der Waals surface area contributed by atoms with E-state index >= 15 is 0 Å². The van der Waals surface area contributed by atoms with Crippen LogP contribution in [0, 0.1) is 18.6 Å².